The molecule has 0 radical (unpaired) electrons. The maximum atomic E-state index is 12.8. The molecule has 7 nitrogen and oxygen atoms in total. The van der Waals surface area contributed by atoms with Gasteiger partial charge in [-0.25, -0.2) is 13.1 Å². The smallest absolute Gasteiger partial charge is 0.289 e. The van der Waals surface area contributed by atoms with E-state index >= 15 is 0 Å². The molecule has 0 aromatic heterocycles. The van der Waals surface area contributed by atoms with E-state index in [4.69, 9.17) is 4.74 Å². The molecule has 1 saturated heterocycles. The fraction of sp³-hybridized carbons (Fsp3) is 0.529. The summed E-state index contributed by atoms with van der Waals surface area (Å²) in [5.74, 6) is 0.508. The lowest BCUT2D eigenvalue weighted by Gasteiger charge is -2.36. The van der Waals surface area contributed by atoms with Gasteiger partial charge >= 0.3 is 0 Å². The molecule has 3 rings (SSSR count). The van der Waals surface area contributed by atoms with Gasteiger partial charge in [-0.15, -0.1) is 0 Å². The Morgan fingerprint density at radius 3 is 2.58 bits per heavy atom. The van der Waals surface area contributed by atoms with Crippen molar-refractivity contribution >= 4 is 32.9 Å². The Kier molecular flexibility index (Phi) is 5.59. The van der Waals surface area contributed by atoms with E-state index in [1.165, 1.54) is 18.1 Å². The highest BCUT2D eigenvalue weighted by Crippen LogP contribution is 2.31. The summed E-state index contributed by atoms with van der Waals surface area (Å²) in [5, 5.41) is -0.286. The fourth-order valence-electron chi connectivity index (χ4n) is 3.53. The SMILES string of the molecule is COc1ccc(S(=O)(=O)NC2CCCCC2N2C(=O)CSC2=O)cc1C. The number of aryl methyl sites for hydroxylation is 1. The third-order valence-electron chi connectivity index (χ3n) is 4.83. The third-order valence-corrected chi connectivity index (χ3v) is 7.15. The number of methoxy groups -OCH3 is 1. The zero-order valence-corrected chi connectivity index (χ0v) is 16.4. The second kappa shape index (κ2) is 7.58. The van der Waals surface area contributed by atoms with Crippen molar-refractivity contribution in [2.75, 3.05) is 12.9 Å². The highest BCUT2D eigenvalue weighted by Gasteiger charge is 2.42. The molecule has 1 aromatic carbocycles. The average molecular weight is 399 g/mol. The minimum atomic E-state index is -3.77. The highest BCUT2D eigenvalue weighted by atomic mass is 32.2. The number of ether oxygens (including phenoxy) is 1. The first-order valence-electron chi connectivity index (χ1n) is 8.49. The number of nitrogens with one attached hydrogen (secondary N) is 1. The molecule has 2 atom stereocenters. The van der Waals surface area contributed by atoms with Crippen molar-refractivity contribution in [1.82, 2.24) is 9.62 Å². The summed E-state index contributed by atoms with van der Waals surface area (Å²) in [6, 6.07) is 3.78. The lowest BCUT2D eigenvalue weighted by atomic mass is 9.90. The van der Waals surface area contributed by atoms with Gasteiger partial charge in [0, 0.05) is 6.04 Å². The number of amides is 2. The lowest BCUT2D eigenvalue weighted by Crippen LogP contribution is -2.54. The van der Waals surface area contributed by atoms with Crippen LogP contribution in [0.25, 0.3) is 0 Å². The van der Waals surface area contributed by atoms with Crippen molar-refractivity contribution < 1.29 is 22.7 Å². The first kappa shape index (κ1) is 19.2. The molecular weight excluding hydrogens is 376 g/mol. The Balaban J connectivity index is 1.83. The number of hydrogen-bond donors (Lipinski definition) is 1. The van der Waals surface area contributed by atoms with Gasteiger partial charge in [0.1, 0.15) is 5.75 Å². The third kappa shape index (κ3) is 3.74. The van der Waals surface area contributed by atoms with Crippen molar-refractivity contribution in [2.45, 2.75) is 49.6 Å². The van der Waals surface area contributed by atoms with Crippen LogP contribution >= 0.6 is 11.8 Å². The molecule has 2 aliphatic rings. The van der Waals surface area contributed by atoms with Gasteiger partial charge in [0.05, 0.1) is 23.8 Å². The second-order valence-electron chi connectivity index (χ2n) is 6.53. The molecule has 142 valence electrons. The molecule has 1 aliphatic carbocycles. The Morgan fingerprint density at radius 2 is 1.96 bits per heavy atom. The van der Waals surface area contributed by atoms with Crippen molar-refractivity contribution in [3.63, 3.8) is 0 Å². The standard InChI is InChI=1S/C17H22N2O5S2/c1-11-9-12(7-8-15(11)24-2)26(22,23)18-13-5-3-4-6-14(13)19-16(20)10-25-17(19)21/h7-9,13-14,18H,3-6,10H2,1-2H3. The molecule has 1 aliphatic heterocycles. The Morgan fingerprint density at radius 1 is 1.23 bits per heavy atom. The summed E-state index contributed by atoms with van der Waals surface area (Å²) >= 11 is 0.976. The lowest BCUT2D eigenvalue weighted by molar-refractivity contribution is -0.127. The van der Waals surface area contributed by atoms with Crippen molar-refractivity contribution in [3.8, 4) is 5.75 Å². The van der Waals surface area contributed by atoms with Crippen LogP contribution in [0.1, 0.15) is 31.2 Å². The topological polar surface area (TPSA) is 92.8 Å². The van der Waals surface area contributed by atoms with Gasteiger partial charge < -0.3 is 4.74 Å². The van der Waals surface area contributed by atoms with Crippen LogP contribution in [0, 0.1) is 6.92 Å². The maximum Gasteiger partial charge on any atom is 0.289 e. The number of sulfonamides is 1. The van der Waals surface area contributed by atoms with Gasteiger partial charge in [0.2, 0.25) is 15.9 Å². The van der Waals surface area contributed by atoms with E-state index < -0.39 is 22.1 Å². The molecule has 0 spiro atoms. The first-order chi connectivity index (χ1) is 12.3. The van der Waals surface area contributed by atoms with Gasteiger partial charge in [0.25, 0.3) is 5.24 Å². The molecule has 1 aromatic rings. The minimum Gasteiger partial charge on any atom is -0.496 e. The number of rotatable bonds is 5. The van der Waals surface area contributed by atoms with E-state index in [0.29, 0.717) is 18.6 Å². The summed E-state index contributed by atoms with van der Waals surface area (Å²) in [6.07, 6.45) is 2.94. The number of carbonyl (C=O) groups excluding carboxylic acids is 2. The van der Waals surface area contributed by atoms with Crippen LogP contribution in [0.3, 0.4) is 0 Å². The monoisotopic (exact) mass is 398 g/mol. The van der Waals surface area contributed by atoms with E-state index in [2.05, 4.69) is 4.72 Å². The Bertz CT molecular complexity index is 808. The summed E-state index contributed by atoms with van der Waals surface area (Å²) in [7, 11) is -2.24. The molecule has 1 N–H and O–H groups in total. The molecule has 2 fully saturated rings. The van der Waals surface area contributed by atoms with E-state index in [1.54, 1.807) is 19.1 Å². The van der Waals surface area contributed by atoms with Crippen molar-refractivity contribution in [2.24, 2.45) is 0 Å². The number of benzene rings is 1. The maximum absolute atomic E-state index is 12.8. The van der Waals surface area contributed by atoms with E-state index in [-0.39, 0.29) is 21.8 Å². The van der Waals surface area contributed by atoms with Crippen LogP contribution in [-0.2, 0) is 14.8 Å². The molecule has 1 saturated carbocycles. The van der Waals surface area contributed by atoms with E-state index in [1.807, 2.05) is 0 Å². The molecule has 9 heteroatoms. The number of thioether (sulfide) groups is 1. The largest absolute Gasteiger partial charge is 0.496 e. The number of carbonyl (C=O) groups is 2. The van der Waals surface area contributed by atoms with Gasteiger partial charge in [-0.3, -0.25) is 14.5 Å². The summed E-state index contributed by atoms with van der Waals surface area (Å²) in [4.78, 5) is 25.5. The van der Waals surface area contributed by atoms with Gasteiger partial charge in [-0.05, 0) is 43.5 Å². The second-order valence-corrected chi connectivity index (χ2v) is 9.17. The Labute approximate surface area is 157 Å². The van der Waals surface area contributed by atoms with Crippen LogP contribution in [0.4, 0.5) is 4.79 Å². The fourth-order valence-corrected chi connectivity index (χ4v) is 5.68. The minimum absolute atomic E-state index is 0.131. The molecule has 1 heterocycles. The van der Waals surface area contributed by atoms with Crippen LogP contribution in [0.5, 0.6) is 5.75 Å². The van der Waals surface area contributed by atoms with Crippen LogP contribution in [0.2, 0.25) is 0 Å². The average Bonchev–Trinajstić information content (AvgIpc) is 2.93. The first-order valence-corrected chi connectivity index (χ1v) is 11.0. The molecule has 2 unspecified atom stereocenters. The molecule has 2 amide bonds. The summed E-state index contributed by atoms with van der Waals surface area (Å²) in [5.41, 5.74) is 0.719. The summed E-state index contributed by atoms with van der Waals surface area (Å²) < 4.78 is 33.6. The predicted molar refractivity (Wildman–Crippen MR) is 98.8 cm³/mol. The van der Waals surface area contributed by atoms with Crippen molar-refractivity contribution in [3.05, 3.63) is 23.8 Å². The van der Waals surface area contributed by atoms with E-state index in [9.17, 15) is 18.0 Å². The number of hydrogen-bond acceptors (Lipinski definition) is 6. The number of nitrogens with zero attached hydrogens (tertiary/aromatic N) is 1. The van der Waals surface area contributed by atoms with Gasteiger partial charge in [-0.2, -0.15) is 0 Å². The quantitative estimate of drug-likeness (QED) is 0.818. The molecular formula is C17H22N2O5S2. The Hall–Kier alpha value is -1.58. The van der Waals surface area contributed by atoms with E-state index in [0.717, 1.165) is 30.2 Å². The summed E-state index contributed by atoms with van der Waals surface area (Å²) in [6.45, 7) is 1.78. The van der Waals surface area contributed by atoms with Gasteiger partial charge in [-0.1, -0.05) is 24.6 Å². The molecule has 0 bridgehead atoms. The zero-order valence-electron chi connectivity index (χ0n) is 14.7. The zero-order chi connectivity index (χ0) is 18.9. The number of imide groups is 1. The highest BCUT2D eigenvalue weighted by molar-refractivity contribution is 8.14. The van der Waals surface area contributed by atoms with Crippen LogP contribution in [0.15, 0.2) is 23.1 Å². The van der Waals surface area contributed by atoms with Gasteiger partial charge in [0.15, 0.2) is 0 Å². The predicted octanol–water partition coefficient (Wildman–Crippen LogP) is 2.29. The van der Waals surface area contributed by atoms with Crippen LogP contribution < -0.4 is 9.46 Å². The molecule has 26 heavy (non-hydrogen) atoms. The van der Waals surface area contributed by atoms with Crippen LogP contribution in [-0.4, -0.2) is 49.4 Å². The normalized spacial score (nSPS) is 24.2. The van der Waals surface area contributed by atoms with Crippen molar-refractivity contribution in [1.29, 1.82) is 0 Å².